The lowest BCUT2D eigenvalue weighted by Gasteiger charge is -2.17. The van der Waals surface area contributed by atoms with Gasteiger partial charge in [-0.15, -0.1) is 0 Å². The summed E-state index contributed by atoms with van der Waals surface area (Å²) in [5.41, 5.74) is 2.80. The van der Waals surface area contributed by atoms with Crippen molar-refractivity contribution < 1.29 is 5.11 Å². The lowest BCUT2D eigenvalue weighted by atomic mass is 9.88. The van der Waals surface area contributed by atoms with Crippen LogP contribution >= 0.6 is 0 Å². The van der Waals surface area contributed by atoms with Crippen molar-refractivity contribution in [1.82, 2.24) is 0 Å². The molecule has 0 spiro atoms. The van der Waals surface area contributed by atoms with Crippen LogP contribution < -0.4 is 0 Å². The van der Waals surface area contributed by atoms with Crippen molar-refractivity contribution in [3.63, 3.8) is 0 Å². The normalized spacial score (nSPS) is 13.2. The molecule has 0 heterocycles. The van der Waals surface area contributed by atoms with Crippen LogP contribution in [0.5, 0.6) is 0 Å². The summed E-state index contributed by atoms with van der Waals surface area (Å²) in [5, 5.41) is 8.93. The van der Waals surface area contributed by atoms with E-state index in [0.717, 1.165) is 6.42 Å². The van der Waals surface area contributed by atoms with E-state index in [1.807, 2.05) is 0 Å². The van der Waals surface area contributed by atoms with E-state index in [1.165, 1.54) is 11.1 Å². The van der Waals surface area contributed by atoms with E-state index in [0.29, 0.717) is 11.8 Å². The first kappa shape index (κ1) is 11.3. The average Bonchev–Trinajstić information content (AvgIpc) is 2.18. The molecule has 0 aliphatic heterocycles. The van der Waals surface area contributed by atoms with Crippen LogP contribution in [0, 0.1) is 0 Å². The molecule has 0 saturated heterocycles. The third-order valence-electron chi connectivity index (χ3n) is 2.71. The molecule has 1 aromatic rings. The number of hydrogen-bond donors (Lipinski definition) is 1. The molecule has 0 aliphatic rings. The maximum atomic E-state index is 8.93. The largest absolute Gasteiger partial charge is 0.396 e. The van der Waals surface area contributed by atoms with Crippen LogP contribution in [0.4, 0.5) is 0 Å². The van der Waals surface area contributed by atoms with E-state index in [4.69, 9.17) is 5.11 Å². The smallest absolute Gasteiger partial charge is 0.0436 e. The minimum atomic E-state index is 0.271. The number of rotatable bonds is 4. The first-order chi connectivity index (χ1) is 6.66. The molecule has 1 aromatic carbocycles. The van der Waals surface area contributed by atoms with Gasteiger partial charge in [0.05, 0.1) is 0 Å². The van der Waals surface area contributed by atoms with Gasteiger partial charge in [-0.25, -0.2) is 0 Å². The molecule has 0 saturated carbocycles. The number of benzene rings is 1. The van der Waals surface area contributed by atoms with Crippen LogP contribution in [0.3, 0.4) is 0 Å². The summed E-state index contributed by atoms with van der Waals surface area (Å²) in [6.07, 6.45) is 0.851. The summed E-state index contributed by atoms with van der Waals surface area (Å²) in [6, 6.07) is 8.53. The van der Waals surface area contributed by atoms with Gasteiger partial charge >= 0.3 is 0 Å². The molecule has 1 N–H and O–H groups in total. The van der Waals surface area contributed by atoms with Crippen LogP contribution in [0.2, 0.25) is 0 Å². The fraction of sp³-hybridized carbons (Fsp3) is 0.538. The van der Waals surface area contributed by atoms with Gasteiger partial charge in [-0.1, -0.05) is 45.0 Å². The highest BCUT2D eigenvalue weighted by Crippen LogP contribution is 2.27. The molecular weight excluding hydrogens is 172 g/mol. The van der Waals surface area contributed by atoms with Gasteiger partial charge < -0.3 is 5.11 Å². The quantitative estimate of drug-likeness (QED) is 0.776. The molecule has 0 amide bonds. The molecule has 1 atom stereocenters. The highest BCUT2D eigenvalue weighted by Gasteiger charge is 2.11. The Kier molecular flexibility index (Phi) is 4.15. The van der Waals surface area contributed by atoms with E-state index < -0.39 is 0 Å². The first-order valence-electron chi connectivity index (χ1n) is 5.36. The van der Waals surface area contributed by atoms with Gasteiger partial charge in [0.1, 0.15) is 0 Å². The van der Waals surface area contributed by atoms with E-state index in [-0.39, 0.29) is 6.61 Å². The standard InChI is InChI=1S/C13H20O/c1-10(2)12-6-4-5-7-13(12)11(3)8-9-14/h4-7,10-11,14H,8-9H2,1-3H3/t11-/m0/s1. The van der Waals surface area contributed by atoms with Crippen LogP contribution in [-0.4, -0.2) is 11.7 Å². The molecule has 0 unspecified atom stereocenters. The lowest BCUT2D eigenvalue weighted by Crippen LogP contribution is -2.02. The third kappa shape index (κ3) is 2.58. The summed E-state index contributed by atoms with van der Waals surface area (Å²) >= 11 is 0. The van der Waals surface area contributed by atoms with Crippen LogP contribution in [0.1, 0.15) is 50.2 Å². The Morgan fingerprint density at radius 3 is 2.14 bits per heavy atom. The lowest BCUT2D eigenvalue weighted by molar-refractivity contribution is 0.278. The van der Waals surface area contributed by atoms with Crippen molar-refractivity contribution in [3.05, 3.63) is 35.4 Å². The first-order valence-corrected chi connectivity index (χ1v) is 5.36. The molecule has 0 aromatic heterocycles. The van der Waals surface area contributed by atoms with Gasteiger partial charge in [0, 0.05) is 6.61 Å². The minimum absolute atomic E-state index is 0.271. The Morgan fingerprint density at radius 1 is 1.07 bits per heavy atom. The van der Waals surface area contributed by atoms with Crippen molar-refractivity contribution in [2.45, 2.75) is 39.0 Å². The molecule has 1 heteroatoms. The molecule has 14 heavy (non-hydrogen) atoms. The van der Waals surface area contributed by atoms with Gasteiger partial charge in [-0.3, -0.25) is 0 Å². The van der Waals surface area contributed by atoms with Gasteiger partial charge in [0.2, 0.25) is 0 Å². The van der Waals surface area contributed by atoms with E-state index in [9.17, 15) is 0 Å². The van der Waals surface area contributed by atoms with Crippen LogP contribution in [-0.2, 0) is 0 Å². The summed E-state index contributed by atoms with van der Waals surface area (Å²) in [7, 11) is 0. The summed E-state index contributed by atoms with van der Waals surface area (Å²) in [4.78, 5) is 0. The Morgan fingerprint density at radius 2 is 1.64 bits per heavy atom. The Labute approximate surface area is 86.8 Å². The summed E-state index contributed by atoms with van der Waals surface area (Å²) in [6.45, 7) is 6.88. The summed E-state index contributed by atoms with van der Waals surface area (Å²) < 4.78 is 0. The molecular formula is C13H20O. The predicted octanol–water partition coefficient (Wildman–Crippen LogP) is 3.30. The monoisotopic (exact) mass is 192 g/mol. The van der Waals surface area contributed by atoms with Crippen LogP contribution in [0.25, 0.3) is 0 Å². The van der Waals surface area contributed by atoms with E-state index in [2.05, 4.69) is 45.0 Å². The van der Waals surface area contributed by atoms with Gasteiger partial charge in [-0.05, 0) is 29.4 Å². The molecule has 0 bridgehead atoms. The molecule has 0 radical (unpaired) electrons. The predicted molar refractivity (Wildman–Crippen MR) is 60.6 cm³/mol. The Hall–Kier alpha value is -0.820. The van der Waals surface area contributed by atoms with Crippen molar-refractivity contribution in [3.8, 4) is 0 Å². The van der Waals surface area contributed by atoms with Crippen molar-refractivity contribution in [2.75, 3.05) is 6.61 Å². The van der Waals surface area contributed by atoms with Crippen molar-refractivity contribution in [2.24, 2.45) is 0 Å². The molecule has 1 rings (SSSR count). The third-order valence-corrected chi connectivity index (χ3v) is 2.71. The maximum Gasteiger partial charge on any atom is 0.0436 e. The van der Waals surface area contributed by atoms with Crippen molar-refractivity contribution >= 4 is 0 Å². The minimum Gasteiger partial charge on any atom is -0.396 e. The van der Waals surface area contributed by atoms with E-state index in [1.54, 1.807) is 0 Å². The fourth-order valence-electron chi connectivity index (χ4n) is 1.83. The summed E-state index contributed by atoms with van der Waals surface area (Å²) in [5.74, 6) is 1.02. The SMILES string of the molecule is CC(C)c1ccccc1[C@@H](C)CCO. The highest BCUT2D eigenvalue weighted by atomic mass is 16.3. The fourth-order valence-corrected chi connectivity index (χ4v) is 1.83. The second kappa shape index (κ2) is 5.16. The maximum absolute atomic E-state index is 8.93. The zero-order valence-corrected chi connectivity index (χ0v) is 9.33. The number of aliphatic hydroxyl groups excluding tert-OH is 1. The second-order valence-corrected chi connectivity index (χ2v) is 4.20. The van der Waals surface area contributed by atoms with Gasteiger partial charge in [-0.2, -0.15) is 0 Å². The molecule has 0 fully saturated rings. The molecule has 0 aliphatic carbocycles. The molecule has 1 nitrogen and oxygen atoms in total. The Balaban J connectivity index is 2.94. The Bertz CT molecular complexity index is 278. The van der Waals surface area contributed by atoms with Gasteiger partial charge in [0.25, 0.3) is 0 Å². The van der Waals surface area contributed by atoms with Crippen LogP contribution in [0.15, 0.2) is 24.3 Å². The zero-order chi connectivity index (χ0) is 10.6. The topological polar surface area (TPSA) is 20.2 Å². The zero-order valence-electron chi connectivity index (χ0n) is 9.33. The van der Waals surface area contributed by atoms with Crippen molar-refractivity contribution in [1.29, 1.82) is 0 Å². The number of hydrogen-bond acceptors (Lipinski definition) is 1. The average molecular weight is 192 g/mol. The second-order valence-electron chi connectivity index (χ2n) is 4.20. The highest BCUT2D eigenvalue weighted by molar-refractivity contribution is 5.32. The molecule has 78 valence electrons. The van der Waals surface area contributed by atoms with E-state index >= 15 is 0 Å². The van der Waals surface area contributed by atoms with Gasteiger partial charge in [0.15, 0.2) is 0 Å². The number of aliphatic hydroxyl groups is 1.